The molecule has 2 N–H and O–H groups in total. The van der Waals surface area contributed by atoms with Gasteiger partial charge < -0.3 is 15.2 Å². The maximum absolute atomic E-state index is 9.88. The molecule has 0 radical (unpaired) electrons. The van der Waals surface area contributed by atoms with Gasteiger partial charge in [-0.3, -0.25) is 0 Å². The van der Waals surface area contributed by atoms with Crippen LogP contribution in [0.3, 0.4) is 0 Å². The van der Waals surface area contributed by atoms with E-state index < -0.39 is 6.10 Å². The van der Waals surface area contributed by atoms with Crippen LogP contribution in [0.4, 0.5) is 0 Å². The zero-order valence-electron chi connectivity index (χ0n) is 12.0. The van der Waals surface area contributed by atoms with Crippen LogP contribution in [-0.2, 0) is 6.42 Å². The molecule has 0 amide bonds. The number of thiophene rings is 1. The number of benzene rings is 1. The maximum Gasteiger partial charge on any atom is 0.119 e. The largest absolute Gasteiger partial charge is 0.491 e. The van der Waals surface area contributed by atoms with Crippen LogP contribution in [0.25, 0.3) is 0 Å². The van der Waals surface area contributed by atoms with Crippen molar-refractivity contribution in [1.29, 1.82) is 0 Å². The first-order valence-corrected chi connectivity index (χ1v) is 8.26. The van der Waals surface area contributed by atoms with Crippen LogP contribution in [0.5, 0.6) is 5.75 Å². The maximum atomic E-state index is 9.88. The Kier molecular flexibility index (Phi) is 6.51. The molecule has 0 aliphatic heterocycles. The number of halogens is 1. The summed E-state index contributed by atoms with van der Waals surface area (Å²) in [5, 5.41) is 18.1. The molecule has 3 nitrogen and oxygen atoms in total. The number of hydrogen-bond donors (Lipinski definition) is 2. The van der Waals surface area contributed by atoms with Crippen molar-refractivity contribution >= 4 is 22.9 Å². The van der Waals surface area contributed by atoms with Gasteiger partial charge in [-0.15, -0.1) is 0 Å². The summed E-state index contributed by atoms with van der Waals surface area (Å²) in [4.78, 5) is 0. The van der Waals surface area contributed by atoms with Crippen LogP contribution < -0.4 is 10.1 Å². The molecule has 1 heterocycles. The Hall–Kier alpha value is -1.07. The predicted molar refractivity (Wildman–Crippen MR) is 88.6 cm³/mol. The fraction of sp³-hybridized carbons (Fsp3) is 0.375. The first-order chi connectivity index (χ1) is 10.1. The van der Waals surface area contributed by atoms with Crippen molar-refractivity contribution in [3.8, 4) is 5.75 Å². The summed E-state index contributed by atoms with van der Waals surface area (Å²) >= 11 is 7.66. The highest BCUT2D eigenvalue weighted by molar-refractivity contribution is 7.07. The zero-order chi connectivity index (χ0) is 15.1. The minimum atomic E-state index is -0.525. The third-order valence-corrected chi connectivity index (χ3v) is 4.28. The molecule has 21 heavy (non-hydrogen) atoms. The van der Waals surface area contributed by atoms with Gasteiger partial charge in [-0.25, -0.2) is 0 Å². The Morgan fingerprint density at radius 3 is 2.95 bits per heavy atom. The lowest BCUT2D eigenvalue weighted by molar-refractivity contribution is 0.106. The molecule has 2 aromatic rings. The first-order valence-electron chi connectivity index (χ1n) is 6.94. The van der Waals surface area contributed by atoms with E-state index in [0.29, 0.717) is 6.54 Å². The number of rotatable bonds is 8. The second-order valence-corrected chi connectivity index (χ2v) is 6.15. The van der Waals surface area contributed by atoms with Gasteiger partial charge in [0, 0.05) is 11.6 Å². The van der Waals surface area contributed by atoms with Gasteiger partial charge in [-0.05, 0) is 66.0 Å². The lowest BCUT2D eigenvalue weighted by atomic mass is 10.2. The van der Waals surface area contributed by atoms with E-state index in [1.165, 1.54) is 5.56 Å². The van der Waals surface area contributed by atoms with Crippen LogP contribution in [0, 0.1) is 6.92 Å². The molecule has 0 saturated heterocycles. The Labute approximate surface area is 134 Å². The molecule has 1 aromatic heterocycles. The molecule has 0 saturated carbocycles. The highest BCUT2D eigenvalue weighted by atomic mass is 35.5. The van der Waals surface area contributed by atoms with Gasteiger partial charge in [0.1, 0.15) is 18.5 Å². The molecular weight excluding hydrogens is 306 g/mol. The van der Waals surface area contributed by atoms with Gasteiger partial charge in [0.15, 0.2) is 0 Å². The Morgan fingerprint density at radius 2 is 2.24 bits per heavy atom. The van der Waals surface area contributed by atoms with Crippen molar-refractivity contribution in [1.82, 2.24) is 5.32 Å². The van der Waals surface area contributed by atoms with Gasteiger partial charge in [-0.1, -0.05) is 11.6 Å². The van der Waals surface area contributed by atoms with E-state index in [0.717, 1.165) is 29.3 Å². The molecule has 0 bridgehead atoms. The molecular formula is C16H20ClNO2S. The van der Waals surface area contributed by atoms with Crippen molar-refractivity contribution in [3.05, 3.63) is 51.2 Å². The fourth-order valence-electron chi connectivity index (χ4n) is 1.89. The van der Waals surface area contributed by atoms with Crippen molar-refractivity contribution in [2.75, 3.05) is 19.7 Å². The third kappa shape index (κ3) is 5.67. The predicted octanol–water partition coefficient (Wildman–Crippen LogP) is 3.28. The minimum Gasteiger partial charge on any atom is -0.491 e. The Bertz CT molecular complexity index is 545. The molecule has 1 unspecified atom stereocenters. The SMILES string of the molecule is Cc1cc(OCC(O)CNCCc2ccsc2)ccc1Cl. The number of aryl methyl sites for hydroxylation is 1. The van der Waals surface area contributed by atoms with Crippen LogP contribution >= 0.6 is 22.9 Å². The standard InChI is InChI=1S/C16H20ClNO2S/c1-12-8-15(2-3-16(12)17)20-10-14(19)9-18-6-4-13-5-7-21-11-13/h2-3,5,7-8,11,14,18-19H,4,6,9-10H2,1H3. The van der Waals surface area contributed by atoms with E-state index in [1.807, 2.05) is 19.1 Å². The van der Waals surface area contributed by atoms with E-state index in [-0.39, 0.29) is 6.61 Å². The van der Waals surface area contributed by atoms with Crippen LogP contribution in [0.2, 0.25) is 5.02 Å². The van der Waals surface area contributed by atoms with E-state index >= 15 is 0 Å². The van der Waals surface area contributed by atoms with Crippen LogP contribution in [-0.4, -0.2) is 30.9 Å². The van der Waals surface area contributed by atoms with Crippen molar-refractivity contribution in [2.45, 2.75) is 19.4 Å². The van der Waals surface area contributed by atoms with Gasteiger partial charge in [0.05, 0.1) is 0 Å². The van der Waals surface area contributed by atoms with E-state index in [4.69, 9.17) is 16.3 Å². The van der Waals surface area contributed by atoms with Crippen molar-refractivity contribution < 1.29 is 9.84 Å². The highest BCUT2D eigenvalue weighted by Gasteiger charge is 2.06. The number of hydrogen-bond acceptors (Lipinski definition) is 4. The minimum absolute atomic E-state index is 0.270. The number of nitrogens with one attached hydrogen (secondary N) is 1. The quantitative estimate of drug-likeness (QED) is 0.732. The van der Waals surface area contributed by atoms with E-state index in [1.54, 1.807) is 17.4 Å². The zero-order valence-corrected chi connectivity index (χ0v) is 13.6. The number of aliphatic hydroxyl groups excluding tert-OH is 1. The topological polar surface area (TPSA) is 41.5 Å². The van der Waals surface area contributed by atoms with Gasteiger partial charge >= 0.3 is 0 Å². The average Bonchev–Trinajstić information content (AvgIpc) is 2.98. The first kappa shape index (κ1) is 16.3. The van der Waals surface area contributed by atoms with E-state index in [2.05, 4.69) is 22.1 Å². The third-order valence-electron chi connectivity index (χ3n) is 3.12. The average molecular weight is 326 g/mol. The molecule has 2 rings (SSSR count). The van der Waals surface area contributed by atoms with Crippen molar-refractivity contribution in [3.63, 3.8) is 0 Å². The second kappa shape index (κ2) is 8.39. The highest BCUT2D eigenvalue weighted by Crippen LogP contribution is 2.21. The summed E-state index contributed by atoms with van der Waals surface area (Å²) < 4.78 is 5.56. The summed E-state index contributed by atoms with van der Waals surface area (Å²) in [7, 11) is 0. The number of ether oxygens (including phenoxy) is 1. The molecule has 0 aliphatic rings. The lowest BCUT2D eigenvalue weighted by Crippen LogP contribution is -2.32. The molecule has 0 aliphatic carbocycles. The van der Waals surface area contributed by atoms with Gasteiger partial charge in [0.2, 0.25) is 0 Å². The number of aliphatic hydroxyl groups is 1. The monoisotopic (exact) mass is 325 g/mol. The molecule has 1 atom stereocenters. The fourth-order valence-corrected chi connectivity index (χ4v) is 2.72. The normalized spacial score (nSPS) is 12.3. The van der Waals surface area contributed by atoms with Gasteiger partial charge in [0.25, 0.3) is 0 Å². The molecule has 5 heteroatoms. The molecule has 0 spiro atoms. The Morgan fingerprint density at radius 1 is 1.38 bits per heavy atom. The molecule has 0 fully saturated rings. The molecule has 114 valence electrons. The molecule has 1 aromatic carbocycles. The second-order valence-electron chi connectivity index (χ2n) is 4.96. The van der Waals surface area contributed by atoms with Crippen LogP contribution in [0.1, 0.15) is 11.1 Å². The van der Waals surface area contributed by atoms with E-state index in [9.17, 15) is 5.11 Å². The lowest BCUT2D eigenvalue weighted by Gasteiger charge is -2.13. The van der Waals surface area contributed by atoms with Crippen LogP contribution in [0.15, 0.2) is 35.0 Å². The van der Waals surface area contributed by atoms with Crippen molar-refractivity contribution in [2.24, 2.45) is 0 Å². The summed E-state index contributed by atoms with van der Waals surface area (Å²) in [6.07, 6.45) is 0.455. The summed E-state index contributed by atoms with van der Waals surface area (Å²) in [5.74, 6) is 0.731. The smallest absolute Gasteiger partial charge is 0.119 e. The Balaban J connectivity index is 1.62. The van der Waals surface area contributed by atoms with Gasteiger partial charge in [-0.2, -0.15) is 11.3 Å². The summed E-state index contributed by atoms with van der Waals surface area (Å²) in [6.45, 7) is 3.58. The summed E-state index contributed by atoms with van der Waals surface area (Å²) in [5.41, 5.74) is 2.30. The summed E-state index contributed by atoms with van der Waals surface area (Å²) in [6, 6.07) is 7.61.